The lowest BCUT2D eigenvalue weighted by molar-refractivity contribution is -0.113. The second kappa shape index (κ2) is 9.54. The number of carbonyl (C=O) groups excluding carboxylic acids is 1. The SMILES string of the molecule is Cc1cc(C)nc(-n2nc(-c3ccccc3)c3c2NC(=O)CS[C@@H]3c2ccccc2OC(C)C)n1. The molecule has 8 heteroatoms. The number of anilines is 1. The summed E-state index contributed by atoms with van der Waals surface area (Å²) >= 11 is 1.57. The summed E-state index contributed by atoms with van der Waals surface area (Å²) in [7, 11) is 0. The van der Waals surface area contributed by atoms with Crippen molar-refractivity contribution in [3.63, 3.8) is 0 Å². The van der Waals surface area contributed by atoms with Crippen molar-refractivity contribution >= 4 is 23.5 Å². The zero-order valence-corrected chi connectivity index (χ0v) is 21.0. The molecule has 4 aromatic rings. The van der Waals surface area contributed by atoms with E-state index in [0.717, 1.165) is 39.5 Å². The first kappa shape index (κ1) is 23.1. The Morgan fingerprint density at radius 3 is 2.43 bits per heavy atom. The van der Waals surface area contributed by atoms with Crippen molar-refractivity contribution in [1.29, 1.82) is 0 Å². The minimum Gasteiger partial charge on any atom is -0.491 e. The van der Waals surface area contributed by atoms with Crippen LogP contribution in [0.4, 0.5) is 5.82 Å². The van der Waals surface area contributed by atoms with Crippen molar-refractivity contribution in [1.82, 2.24) is 19.7 Å². The zero-order valence-electron chi connectivity index (χ0n) is 20.1. The van der Waals surface area contributed by atoms with Gasteiger partial charge < -0.3 is 10.1 Å². The van der Waals surface area contributed by atoms with Gasteiger partial charge in [0.05, 0.1) is 22.8 Å². The molecule has 0 fully saturated rings. The van der Waals surface area contributed by atoms with E-state index in [2.05, 4.69) is 21.4 Å². The van der Waals surface area contributed by atoms with Crippen LogP contribution in [-0.2, 0) is 4.79 Å². The molecule has 0 saturated heterocycles. The van der Waals surface area contributed by atoms with Crippen molar-refractivity contribution in [3.05, 3.63) is 83.2 Å². The van der Waals surface area contributed by atoms with Gasteiger partial charge in [-0.25, -0.2) is 9.97 Å². The molecule has 0 radical (unpaired) electrons. The molecule has 0 spiro atoms. The number of benzene rings is 2. The normalized spacial score (nSPS) is 15.5. The molecule has 0 aliphatic carbocycles. The summed E-state index contributed by atoms with van der Waals surface area (Å²) in [6.45, 7) is 7.88. The van der Waals surface area contributed by atoms with E-state index in [1.54, 1.807) is 16.4 Å². The van der Waals surface area contributed by atoms with E-state index < -0.39 is 0 Å². The number of nitrogens with zero attached hydrogens (tertiary/aromatic N) is 4. The lowest BCUT2D eigenvalue weighted by Gasteiger charge is -2.21. The van der Waals surface area contributed by atoms with Crippen LogP contribution in [0.1, 0.15) is 41.6 Å². The van der Waals surface area contributed by atoms with Crippen LogP contribution in [0, 0.1) is 13.8 Å². The van der Waals surface area contributed by atoms with Crippen molar-refractivity contribution in [2.45, 2.75) is 39.0 Å². The molecule has 2 aromatic carbocycles. The largest absolute Gasteiger partial charge is 0.491 e. The number of hydrogen-bond donors (Lipinski definition) is 1. The van der Waals surface area contributed by atoms with Crippen LogP contribution in [0.25, 0.3) is 17.2 Å². The number of rotatable bonds is 5. The third-order valence-electron chi connectivity index (χ3n) is 5.59. The Labute approximate surface area is 209 Å². The van der Waals surface area contributed by atoms with Gasteiger partial charge in [-0.15, -0.1) is 11.8 Å². The van der Waals surface area contributed by atoms with Gasteiger partial charge in [-0.1, -0.05) is 48.5 Å². The molecule has 3 heterocycles. The third kappa shape index (κ3) is 4.66. The number of nitrogens with one attached hydrogen (secondary N) is 1. The summed E-state index contributed by atoms with van der Waals surface area (Å²) in [6, 6.07) is 19.9. The molecule has 35 heavy (non-hydrogen) atoms. The van der Waals surface area contributed by atoms with E-state index in [9.17, 15) is 4.79 Å². The molecule has 1 aliphatic rings. The topological polar surface area (TPSA) is 81.9 Å². The molecule has 0 saturated carbocycles. The molecule has 2 aromatic heterocycles. The summed E-state index contributed by atoms with van der Waals surface area (Å²) < 4.78 is 7.85. The Kier molecular flexibility index (Phi) is 6.30. The molecule has 0 unspecified atom stereocenters. The number of ether oxygens (including phenoxy) is 1. The van der Waals surface area contributed by atoms with Crippen LogP contribution in [0.2, 0.25) is 0 Å². The molecule has 1 amide bonds. The fourth-order valence-corrected chi connectivity index (χ4v) is 5.42. The van der Waals surface area contributed by atoms with Crippen molar-refractivity contribution in [2.24, 2.45) is 0 Å². The molecule has 178 valence electrons. The zero-order chi connectivity index (χ0) is 24.5. The first-order valence-electron chi connectivity index (χ1n) is 11.6. The molecule has 1 aliphatic heterocycles. The Morgan fingerprint density at radius 1 is 1.03 bits per heavy atom. The van der Waals surface area contributed by atoms with Gasteiger partial charge in [0.1, 0.15) is 11.6 Å². The van der Waals surface area contributed by atoms with E-state index in [-0.39, 0.29) is 17.3 Å². The van der Waals surface area contributed by atoms with Gasteiger partial charge in [0.25, 0.3) is 5.95 Å². The highest BCUT2D eigenvalue weighted by molar-refractivity contribution is 8.00. The maximum Gasteiger partial charge on any atom is 0.252 e. The second-order valence-corrected chi connectivity index (χ2v) is 9.88. The van der Waals surface area contributed by atoms with Crippen LogP contribution in [0.3, 0.4) is 0 Å². The highest BCUT2D eigenvalue weighted by Crippen LogP contribution is 2.48. The number of carbonyl (C=O) groups is 1. The van der Waals surface area contributed by atoms with E-state index in [4.69, 9.17) is 9.84 Å². The molecule has 7 nitrogen and oxygen atoms in total. The van der Waals surface area contributed by atoms with E-state index in [1.807, 2.05) is 82.3 Å². The van der Waals surface area contributed by atoms with Gasteiger partial charge in [0.2, 0.25) is 5.91 Å². The number of hydrogen-bond acceptors (Lipinski definition) is 6. The average molecular weight is 486 g/mol. The van der Waals surface area contributed by atoms with Crippen LogP contribution in [-0.4, -0.2) is 37.5 Å². The Bertz CT molecular complexity index is 1360. The highest BCUT2D eigenvalue weighted by atomic mass is 32.2. The third-order valence-corrected chi connectivity index (χ3v) is 6.85. The lowest BCUT2D eigenvalue weighted by Crippen LogP contribution is -2.17. The van der Waals surface area contributed by atoms with Crippen LogP contribution in [0.5, 0.6) is 5.75 Å². The summed E-state index contributed by atoms with van der Waals surface area (Å²) in [6.07, 6.45) is 0.0196. The fourth-order valence-electron chi connectivity index (χ4n) is 4.27. The predicted octanol–water partition coefficient (Wildman–Crippen LogP) is 5.51. The average Bonchev–Trinajstić information content (AvgIpc) is 3.10. The minimum absolute atomic E-state index is 0.0196. The Morgan fingerprint density at radius 2 is 1.71 bits per heavy atom. The first-order valence-corrected chi connectivity index (χ1v) is 12.6. The van der Waals surface area contributed by atoms with Gasteiger partial charge in [-0.3, -0.25) is 4.79 Å². The number of aryl methyl sites for hydroxylation is 2. The predicted molar refractivity (Wildman–Crippen MR) is 139 cm³/mol. The van der Waals surface area contributed by atoms with Gasteiger partial charge in [-0.05, 0) is 39.8 Å². The van der Waals surface area contributed by atoms with Gasteiger partial charge >= 0.3 is 0 Å². The molecule has 1 atom stereocenters. The Hall–Kier alpha value is -3.65. The highest BCUT2D eigenvalue weighted by Gasteiger charge is 2.34. The quantitative estimate of drug-likeness (QED) is 0.402. The molecular weight excluding hydrogens is 458 g/mol. The van der Waals surface area contributed by atoms with E-state index in [1.165, 1.54) is 0 Å². The standard InChI is InChI=1S/C27H27N5O2S/c1-16(2)34-21-13-9-8-12-20(21)25-23-24(19-10-6-5-7-11-19)31-32(26(23)30-22(33)15-35-25)27-28-17(3)14-18(4)29-27/h5-14,16,25H,15H2,1-4H3,(H,30,33)/t25-/m1/s1. The van der Waals surface area contributed by atoms with E-state index in [0.29, 0.717) is 17.5 Å². The summed E-state index contributed by atoms with van der Waals surface area (Å²) in [5, 5.41) is 7.89. The maximum absolute atomic E-state index is 12.9. The van der Waals surface area contributed by atoms with Gasteiger partial charge in [0.15, 0.2) is 0 Å². The number of fused-ring (bicyclic) bond motifs is 1. The van der Waals surface area contributed by atoms with E-state index >= 15 is 0 Å². The monoisotopic (exact) mass is 485 g/mol. The maximum atomic E-state index is 12.9. The summed E-state index contributed by atoms with van der Waals surface area (Å²) in [5.41, 5.74) is 5.31. The number of thioether (sulfide) groups is 1. The smallest absolute Gasteiger partial charge is 0.252 e. The second-order valence-electron chi connectivity index (χ2n) is 8.78. The fraction of sp³-hybridized carbons (Fsp3) is 0.259. The number of para-hydroxylation sites is 1. The Balaban J connectivity index is 1.79. The summed E-state index contributed by atoms with van der Waals surface area (Å²) in [5.74, 6) is 2.03. The number of amides is 1. The van der Waals surface area contributed by atoms with Crippen molar-refractivity contribution < 1.29 is 9.53 Å². The van der Waals surface area contributed by atoms with Crippen molar-refractivity contribution in [2.75, 3.05) is 11.1 Å². The molecular formula is C27H27N5O2S. The molecule has 0 bridgehead atoms. The van der Waals surface area contributed by atoms with Crippen molar-refractivity contribution in [3.8, 4) is 23.0 Å². The van der Waals surface area contributed by atoms with Gasteiger partial charge in [0, 0.05) is 28.1 Å². The van der Waals surface area contributed by atoms with Crippen LogP contribution < -0.4 is 10.1 Å². The number of aromatic nitrogens is 4. The molecule has 5 rings (SSSR count). The first-order chi connectivity index (χ1) is 16.9. The molecule has 1 N–H and O–H groups in total. The van der Waals surface area contributed by atoms with Crippen LogP contribution >= 0.6 is 11.8 Å². The van der Waals surface area contributed by atoms with Gasteiger partial charge in [-0.2, -0.15) is 9.78 Å². The summed E-state index contributed by atoms with van der Waals surface area (Å²) in [4.78, 5) is 22.2. The lowest BCUT2D eigenvalue weighted by atomic mass is 9.99. The minimum atomic E-state index is -0.186. The van der Waals surface area contributed by atoms with Crippen LogP contribution in [0.15, 0.2) is 60.7 Å².